The molecule has 3 rings (SSSR count). The molecule has 0 heterocycles. The minimum atomic E-state index is -4.62. The van der Waals surface area contributed by atoms with Crippen LogP contribution in [0.25, 0.3) is 0 Å². The van der Waals surface area contributed by atoms with Crippen LogP contribution in [0, 0.1) is 29.0 Å². The van der Waals surface area contributed by atoms with Gasteiger partial charge < -0.3 is 10.1 Å². The molecular formula is C26H30ClF4NO3. The summed E-state index contributed by atoms with van der Waals surface area (Å²) in [6, 6.07) is 4.30. The molecule has 0 aliphatic heterocycles. The summed E-state index contributed by atoms with van der Waals surface area (Å²) >= 11 is 5.89. The van der Waals surface area contributed by atoms with Gasteiger partial charge in [0.05, 0.1) is 22.9 Å². The van der Waals surface area contributed by atoms with Crippen LogP contribution in [0.5, 0.6) is 0 Å². The van der Waals surface area contributed by atoms with E-state index in [1.807, 2.05) is 0 Å². The molecular weight excluding hydrogens is 486 g/mol. The average Bonchev–Trinajstić information content (AvgIpc) is 3.51. The molecule has 0 bridgehead atoms. The number of allylic oxidation sites excluding steroid dienone is 4. The zero-order valence-electron chi connectivity index (χ0n) is 20.1. The SMILES string of the molecule is C[C@H]([C@H](C(=O)Nc1cccc(CC2(C(=O)OC(C)(C)C)CC2)c1F)C1C=CC(Cl)=CC1)C(F)(F)F. The summed E-state index contributed by atoms with van der Waals surface area (Å²) in [5, 5.41) is 2.76. The maximum Gasteiger partial charge on any atom is 0.392 e. The van der Waals surface area contributed by atoms with Crippen LogP contribution in [0.4, 0.5) is 23.2 Å². The first kappa shape index (κ1) is 27.2. The van der Waals surface area contributed by atoms with Crippen LogP contribution in [0.2, 0.25) is 0 Å². The molecule has 1 saturated carbocycles. The van der Waals surface area contributed by atoms with Crippen molar-refractivity contribution >= 4 is 29.2 Å². The molecule has 1 aromatic rings. The standard InChI is InChI=1S/C26H30ClF4NO3/c1-15(26(29,30)31)20(16-8-10-18(27)11-9-16)22(33)32-19-7-5-6-17(21(19)28)14-25(12-13-25)23(34)35-24(2,3)4/h5-8,10-11,15-16,20H,9,12-14H2,1-4H3,(H,32,33)/t15-,16?,20+/m1/s1. The highest BCUT2D eigenvalue weighted by atomic mass is 35.5. The van der Waals surface area contributed by atoms with Crippen molar-refractivity contribution in [1.29, 1.82) is 0 Å². The predicted molar refractivity (Wildman–Crippen MR) is 126 cm³/mol. The molecule has 0 aromatic heterocycles. The molecule has 9 heteroatoms. The molecule has 0 spiro atoms. The third kappa shape index (κ3) is 6.66. The third-order valence-corrected chi connectivity index (χ3v) is 6.74. The van der Waals surface area contributed by atoms with Crippen LogP contribution in [0.1, 0.15) is 52.5 Å². The molecule has 3 atom stereocenters. The molecule has 192 valence electrons. The molecule has 1 amide bonds. The summed E-state index contributed by atoms with van der Waals surface area (Å²) < 4.78 is 61.6. The zero-order chi connectivity index (χ0) is 26.2. The topological polar surface area (TPSA) is 55.4 Å². The molecule has 2 aliphatic rings. The summed E-state index contributed by atoms with van der Waals surface area (Å²) in [4.78, 5) is 25.7. The number of hydrogen-bond acceptors (Lipinski definition) is 3. The minimum absolute atomic E-state index is 0.0779. The Labute approximate surface area is 207 Å². The number of amides is 1. The maximum atomic E-state index is 15.4. The van der Waals surface area contributed by atoms with E-state index >= 15 is 4.39 Å². The van der Waals surface area contributed by atoms with Crippen molar-refractivity contribution in [3.8, 4) is 0 Å². The second-order valence-corrected chi connectivity index (χ2v) is 10.9. The summed E-state index contributed by atoms with van der Waals surface area (Å²) in [5.41, 5.74) is -1.54. The molecule has 1 N–H and O–H groups in total. The van der Waals surface area contributed by atoms with Gasteiger partial charge in [0.1, 0.15) is 11.4 Å². The fraction of sp³-hybridized carbons (Fsp3) is 0.538. The van der Waals surface area contributed by atoms with Crippen LogP contribution < -0.4 is 5.32 Å². The van der Waals surface area contributed by atoms with Gasteiger partial charge in [-0.1, -0.05) is 42.8 Å². The lowest BCUT2D eigenvalue weighted by atomic mass is 9.78. The lowest BCUT2D eigenvalue weighted by Crippen LogP contribution is -2.40. The van der Waals surface area contributed by atoms with Crippen molar-refractivity contribution in [2.45, 2.75) is 65.2 Å². The molecule has 0 saturated heterocycles. The number of carbonyl (C=O) groups excluding carboxylic acids is 2. The Morgan fingerprint density at radius 2 is 1.89 bits per heavy atom. The van der Waals surface area contributed by atoms with Gasteiger partial charge in [-0.05, 0) is 70.1 Å². The number of benzene rings is 1. The number of halogens is 5. The van der Waals surface area contributed by atoms with Gasteiger partial charge >= 0.3 is 12.1 Å². The monoisotopic (exact) mass is 515 g/mol. The van der Waals surface area contributed by atoms with Crippen molar-refractivity contribution in [3.05, 3.63) is 52.8 Å². The number of rotatable bonds is 7. The first-order valence-corrected chi connectivity index (χ1v) is 11.9. The van der Waals surface area contributed by atoms with Crippen LogP contribution in [0.3, 0.4) is 0 Å². The Morgan fingerprint density at radius 3 is 2.40 bits per heavy atom. The Kier molecular flexibility index (Phi) is 7.75. The molecule has 0 radical (unpaired) electrons. The first-order chi connectivity index (χ1) is 16.1. The van der Waals surface area contributed by atoms with Gasteiger partial charge in [0.25, 0.3) is 0 Å². The van der Waals surface area contributed by atoms with Gasteiger partial charge in [-0.3, -0.25) is 9.59 Å². The molecule has 1 unspecified atom stereocenters. The Hall–Kier alpha value is -2.35. The van der Waals surface area contributed by atoms with Crippen molar-refractivity contribution in [2.24, 2.45) is 23.2 Å². The van der Waals surface area contributed by atoms with E-state index in [0.29, 0.717) is 17.9 Å². The van der Waals surface area contributed by atoms with Crippen LogP contribution in [0.15, 0.2) is 41.5 Å². The van der Waals surface area contributed by atoms with E-state index in [1.54, 1.807) is 26.8 Å². The number of esters is 1. The smallest absolute Gasteiger partial charge is 0.392 e. The second kappa shape index (κ2) is 9.96. The zero-order valence-corrected chi connectivity index (χ0v) is 20.9. The molecule has 1 aromatic carbocycles. The quantitative estimate of drug-likeness (QED) is 0.316. The Morgan fingerprint density at radius 1 is 1.23 bits per heavy atom. The predicted octanol–water partition coefficient (Wildman–Crippen LogP) is 6.94. The molecule has 2 aliphatic carbocycles. The van der Waals surface area contributed by atoms with Gasteiger partial charge in [-0.2, -0.15) is 13.2 Å². The number of anilines is 1. The highest BCUT2D eigenvalue weighted by Gasteiger charge is 2.52. The summed E-state index contributed by atoms with van der Waals surface area (Å²) in [7, 11) is 0. The van der Waals surface area contributed by atoms with Crippen molar-refractivity contribution in [3.63, 3.8) is 0 Å². The average molecular weight is 516 g/mol. The van der Waals surface area contributed by atoms with Crippen molar-refractivity contribution < 1.29 is 31.9 Å². The van der Waals surface area contributed by atoms with Crippen LogP contribution >= 0.6 is 11.6 Å². The summed E-state index contributed by atoms with van der Waals surface area (Å²) in [6.45, 7) is 6.20. The summed E-state index contributed by atoms with van der Waals surface area (Å²) in [5.74, 6) is -6.30. The van der Waals surface area contributed by atoms with Gasteiger partial charge in [-0.15, -0.1) is 0 Å². The highest BCUT2D eigenvalue weighted by Crippen LogP contribution is 2.50. The number of hydrogen-bond donors (Lipinski definition) is 1. The largest absolute Gasteiger partial charge is 0.460 e. The number of carbonyl (C=O) groups is 2. The lowest BCUT2D eigenvalue weighted by molar-refractivity contribution is -0.188. The number of alkyl halides is 3. The third-order valence-electron chi connectivity index (χ3n) is 6.46. The Bertz CT molecular complexity index is 1040. The van der Waals surface area contributed by atoms with Crippen LogP contribution in [-0.2, 0) is 20.7 Å². The van der Waals surface area contributed by atoms with Crippen molar-refractivity contribution in [2.75, 3.05) is 5.32 Å². The number of ether oxygens (including phenoxy) is 1. The fourth-order valence-corrected chi connectivity index (χ4v) is 4.42. The minimum Gasteiger partial charge on any atom is -0.460 e. The van der Waals surface area contributed by atoms with E-state index in [2.05, 4.69) is 5.32 Å². The van der Waals surface area contributed by atoms with E-state index in [0.717, 1.165) is 6.92 Å². The number of nitrogens with one attached hydrogen (secondary N) is 1. The highest BCUT2D eigenvalue weighted by molar-refractivity contribution is 6.31. The first-order valence-electron chi connectivity index (χ1n) is 11.6. The van der Waals surface area contributed by atoms with Gasteiger partial charge in [0.2, 0.25) is 5.91 Å². The van der Waals surface area contributed by atoms with Gasteiger partial charge in [0.15, 0.2) is 0 Å². The second-order valence-electron chi connectivity index (χ2n) is 10.4. The fourth-order valence-electron chi connectivity index (χ4n) is 4.26. The Balaban J connectivity index is 1.81. The van der Waals surface area contributed by atoms with E-state index in [1.165, 1.54) is 30.4 Å². The molecule has 4 nitrogen and oxygen atoms in total. The molecule has 1 fully saturated rings. The van der Waals surface area contributed by atoms with E-state index in [9.17, 15) is 22.8 Å². The maximum absolute atomic E-state index is 15.4. The van der Waals surface area contributed by atoms with Crippen LogP contribution in [-0.4, -0.2) is 23.7 Å². The van der Waals surface area contributed by atoms with E-state index in [-0.39, 0.29) is 24.1 Å². The van der Waals surface area contributed by atoms with E-state index < -0.39 is 52.6 Å². The lowest BCUT2D eigenvalue weighted by Gasteiger charge is -2.31. The van der Waals surface area contributed by atoms with Crippen molar-refractivity contribution in [1.82, 2.24) is 0 Å². The summed E-state index contributed by atoms with van der Waals surface area (Å²) in [6.07, 6.45) is 1.23. The molecule has 35 heavy (non-hydrogen) atoms. The normalized spacial score (nSPS) is 21.1. The van der Waals surface area contributed by atoms with E-state index in [4.69, 9.17) is 16.3 Å². The van der Waals surface area contributed by atoms with Gasteiger partial charge in [0, 0.05) is 5.03 Å². The van der Waals surface area contributed by atoms with Gasteiger partial charge in [-0.25, -0.2) is 4.39 Å².